The molecule has 4 nitrogen and oxygen atoms in total. The third-order valence-corrected chi connectivity index (χ3v) is 10.3. The van der Waals surface area contributed by atoms with Gasteiger partial charge >= 0.3 is 0 Å². The molecule has 0 N–H and O–H groups in total. The number of nitrogens with zero attached hydrogens (tertiary/aromatic N) is 4. The molecule has 4 heterocycles. The van der Waals surface area contributed by atoms with Gasteiger partial charge in [-0.1, -0.05) is 115 Å². The number of rotatable bonds is 3. The van der Waals surface area contributed by atoms with Crippen LogP contribution in [-0.2, 0) is 0 Å². The molecular weight excluding hydrogens is 581 g/mol. The van der Waals surface area contributed by atoms with Gasteiger partial charge in [0.15, 0.2) is 0 Å². The zero-order valence-electron chi connectivity index (χ0n) is 24.6. The van der Waals surface area contributed by atoms with E-state index in [2.05, 4.69) is 126 Å². The van der Waals surface area contributed by atoms with Crippen molar-refractivity contribution in [3.05, 3.63) is 146 Å². The lowest BCUT2D eigenvalue weighted by Crippen LogP contribution is -2.04. The van der Waals surface area contributed by atoms with Crippen LogP contribution in [0.25, 0.3) is 92.1 Å². The second-order valence-corrected chi connectivity index (χ2v) is 12.7. The van der Waals surface area contributed by atoms with Crippen molar-refractivity contribution >= 4 is 75.1 Å². The molecule has 0 aliphatic carbocycles. The summed E-state index contributed by atoms with van der Waals surface area (Å²) in [6, 6.07) is 49.2. The number of fused-ring (bicyclic) bond motifs is 11. The molecule has 10 aromatic rings. The standard InChI is InChI=1S/C41H24N4S/c1-2-11-25(12-3-1)26-20-22-27(23-21-26)37-38-32(17-10-24-42-38)43-41(44-37)45-33-18-8-6-15-30(33)35-28-13-4-5-14-29(28)40-36(39(35)45)31-16-7-9-19-34(31)46-40/h1-24H. The number of pyridine rings is 1. The molecule has 0 spiro atoms. The monoisotopic (exact) mass is 604 g/mol. The summed E-state index contributed by atoms with van der Waals surface area (Å²) in [4.78, 5) is 15.3. The summed E-state index contributed by atoms with van der Waals surface area (Å²) in [5, 5.41) is 7.43. The van der Waals surface area contributed by atoms with Crippen LogP contribution in [0.4, 0.5) is 0 Å². The van der Waals surface area contributed by atoms with E-state index in [1.54, 1.807) is 0 Å². The summed E-state index contributed by atoms with van der Waals surface area (Å²) >= 11 is 1.86. The third kappa shape index (κ3) is 3.63. The molecule has 46 heavy (non-hydrogen) atoms. The van der Waals surface area contributed by atoms with Gasteiger partial charge in [-0.15, -0.1) is 11.3 Å². The lowest BCUT2D eigenvalue weighted by atomic mass is 10.00. The molecule has 0 aliphatic rings. The Kier molecular flexibility index (Phi) is 5.41. The van der Waals surface area contributed by atoms with Crippen molar-refractivity contribution in [2.75, 3.05) is 0 Å². The van der Waals surface area contributed by atoms with Crippen LogP contribution in [0.15, 0.2) is 146 Å². The Morgan fingerprint density at radius 2 is 1.17 bits per heavy atom. The SMILES string of the molecule is c1ccc(-c2ccc(-c3nc(-n4c5ccccc5c5c6ccccc6c6sc7ccccc7c6c54)nc4cccnc34)cc2)cc1. The molecule has 214 valence electrons. The maximum atomic E-state index is 5.36. The Morgan fingerprint density at radius 1 is 0.500 bits per heavy atom. The molecule has 0 atom stereocenters. The summed E-state index contributed by atoms with van der Waals surface area (Å²) in [7, 11) is 0. The van der Waals surface area contributed by atoms with E-state index in [0.29, 0.717) is 5.95 Å². The summed E-state index contributed by atoms with van der Waals surface area (Å²) in [6.07, 6.45) is 1.82. The van der Waals surface area contributed by atoms with E-state index in [9.17, 15) is 0 Å². The van der Waals surface area contributed by atoms with Gasteiger partial charge < -0.3 is 0 Å². The van der Waals surface area contributed by atoms with Gasteiger partial charge in [-0.25, -0.2) is 9.97 Å². The van der Waals surface area contributed by atoms with Crippen LogP contribution in [0.5, 0.6) is 0 Å². The number of aromatic nitrogens is 4. The predicted molar refractivity (Wildman–Crippen MR) is 193 cm³/mol. The Balaban J connectivity index is 1.34. The van der Waals surface area contributed by atoms with Crippen LogP contribution >= 0.6 is 11.3 Å². The van der Waals surface area contributed by atoms with Crippen LogP contribution < -0.4 is 0 Å². The van der Waals surface area contributed by atoms with E-state index in [0.717, 1.165) is 38.9 Å². The summed E-state index contributed by atoms with van der Waals surface area (Å²) in [5.41, 5.74) is 7.99. The predicted octanol–water partition coefficient (Wildman–Crippen LogP) is 11.0. The molecule has 0 saturated carbocycles. The molecule has 4 aromatic heterocycles. The molecule has 0 unspecified atom stereocenters. The molecule has 0 radical (unpaired) electrons. The number of thiophene rings is 1. The van der Waals surface area contributed by atoms with Crippen molar-refractivity contribution in [1.82, 2.24) is 19.5 Å². The topological polar surface area (TPSA) is 43.6 Å². The fourth-order valence-electron chi connectivity index (χ4n) is 7.03. The highest BCUT2D eigenvalue weighted by Crippen LogP contribution is 2.47. The van der Waals surface area contributed by atoms with Gasteiger partial charge in [0, 0.05) is 48.1 Å². The maximum Gasteiger partial charge on any atom is 0.235 e. The number of hydrogen-bond donors (Lipinski definition) is 0. The van der Waals surface area contributed by atoms with E-state index >= 15 is 0 Å². The van der Waals surface area contributed by atoms with Crippen molar-refractivity contribution in [3.63, 3.8) is 0 Å². The molecule has 0 saturated heterocycles. The van der Waals surface area contributed by atoms with Crippen LogP contribution in [0.1, 0.15) is 0 Å². The van der Waals surface area contributed by atoms with Crippen LogP contribution in [0, 0.1) is 0 Å². The highest BCUT2D eigenvalue weighted by molar-refractivity contribution is 7.27. The highest BCUT2D eigenvalue weighted by atomic mass is 32.1. The summed E-state index contributed by atoms with van der Waals surface area (Å²) < 4.78 is 4.84. The van der Waals surface area contributed by atoms with E-state index in [-0.39, 0.29) is 0 Å². The lowest BCUT2D eigenvalue weighted by molar-refractivity contribution is 1.01. The average Bonchev–Trinajstić information content (AvgIpc) is 3.68. The molecule has 0 aliphatic heterocycles. The number of hydrogen-bond acceptors (Lipinski definition) is 4. The Hall–Kier alpha value is -5.91. The van der Waals surface area contributed by atoms with Gasteiger partial charge in [0.2, 0.25) is 5.95 Å². The van der Waals surface area contributed by atoms with Crippen molar-refractivity contribution in [3.8, 4) is 28.3 Å². The molecule has 0 fully saturated rings. The fraction of sp³-hybridized carbons (Fsp3) is 0. The maximum absolute atomic E-state index is 5.36. The van der Waals surface area contributed by atoms with Gasteiger partial charge in [0.25, 0.3) is 0 Å². The first-order valence-corrected chi connectivity index (χ1v) is 16.2. The fourth-order valence-corrected chi connectivity index (χ4v) is 8.28. The zero-order chi connectivity index (χ0) is 30.2. The van der Waals surface area contributed by atoms with Crippen LogP contribution in [0.2, 0.25) is 0 Å². The largest absolute Gasteiger partial charge is 0.277 e. The molecule has 10 rings (SSSR count). The van der Waals surface area contributed by atoms with Crippen LogP contribution in [-0.4, -0.2) is 19.5 Å². The first-order chi connectivity index (χ1) is 22.8. The first-order valence-electron chi connectivity index (χ1n) is 15.4. The number of benzene rings is 6. The van der Waals surface area contributed by atoms with Gasteiger partial charge in [-0.05, 0) is 40.8 Å². The van der Waals surface area contributed by atoms with E-state index in [1.165, 1.54) is 47.3 Å². The molecule has 0 bridgehead atoms. The van der Waals surface area contributed by atoms with Gasteiger partial charge in [0.05, 0.1) is 16.6 Å². The average molecular weight is 605 g/mol. The normalized spacial score (nSPS) is 11.9. The van der Waals surface area contributed by atoms with Crippen molar-refractivity contribution in [2.45, 2.75) is 0 Å². The zero-order valence-corrected chi connectivity index (χ0v) is 25.4. The van der Waals surface area contributed by atoms with Crippen molar-refractivity contribution in [2.24, 2.45) is 0 Å². The minimum absolute atomic E-state index is 0.640. The number of para-hydroxylation sites is 1. The van der Waals surface area contributed by atoms with Crippen LogP contribution in [0.3, 0.4) is 0 Å². The third-order valence-electron chi connectivity index (χ3n) is 9.06. The highest BCUT2D eigenvalue weighted by Gasteiger charge is 2.23. The van der Waals surface area contributed by atoms with E-state index in [1.807, 2.05) is 35.7 Å². The van der Waals surface area contributed by atoms with Crippen molar-refractivity contribution < 1.29 is 0 Å². The molecule has 0 amide bonds. The molecule has 5 heteroatoms. The first kappa shape index (κ1) is 25.4. The van der Waals surface area contributed by atoms with Gasteiger partial charge in [0.1, 0.15) is 11.2 Å². The van der Waals surface area contributed by atoms with Gasteiger partial charge in [-0.3, -0.25) is 9.55 Å². The Bertz CT molecular complexity index is 2790. The van der Waals surface area contributed by atoms with E-state index < -0.39 is 0 Å². The second kappa shape index (κ2) is 9.80. The quantitative estimate of drug-likeness (QED) is 0.201. The smallest absolute Gasteiger partial charge is 0.235 e. The van der Waals surface area contributed by atoms with Crippen molar-refractivity contribution in [1.29, 1.82) is 0 Å². The van der Waals surface area contributed by atoms with E-state index in [4.69, 9.17) is 15.0 Å². The lowest BCUT2D eigenvalue weighted by Gasteiger charge is -2.12. The minimum Gasteiger partial charge on any atom is -0.277 e. The Morgan fingerprint density at radius 3 is 2.02 bits per heavy atom. The second-order valence-electron chi connectivity index (χ2n) is 11.6. The minimum atomic E-state index is 0.640. The molecular formula is C41H24N4S. The van der Waals surface area contributed by atoms with Gasteiger partial charge in [-0.2, -0.15) is 0 Å². The summed E-state index contributed by atoms with van der Waals surface area (Å²) in [5.74, 6) is 0.640. The summed E-state index contributed by atoms with van der Waals surface area (Å²) in [6.45, 7) is 0. The molecule has 6 aromatic carbocycles. The Labute approximate surface area is 267 Å².